The lowest BCUT2D eigenvalue weighted by molar-refractivity contribution is 0.0741. The molecule has 0 unspecified atom stereocenters. The molecule has 1 aliphatic rings. The zero-order valence-corrected chi connectivity index (χ0v) is 18.5. The summed E-state index contributed by atoms with van der Waals surface area (Å²) >= 11 is 0. The molecule has 0 atom stereocenters. The molecule has 1 saturated heterocycles. The Morgan fingerprint density at radius 1 is 0.903 bits per heavy atom. The van der Waals surface area contributed by atoms with Gasteiger partial charge in [0.05, 0.1) is 7.11 Å². The first-order chi connectivity index (χ1) is 15.2. The molecule has 31 heavy (non-hydrogen) atoms. The fraction of sp³-hybridized carbons (Fsp3) is 0.423. The van der Waals surface area contributed by atoms with E-state index in [2.05, 4.69) is 40.2 Å². The van der Waals surface area contributed by atoms with Gasteiger partial charge in [0, 0.05) is 43.1 Å². The first-order valence-corrected chi connectivity index (χ1v) is 11.5. The van der Waals surface area contributed by atoms with Gasteiger partial charge in [0.1, 0.15) is 11.4 Å². The molecule has 0 bridgehead atoms. The summed E-state index contributed by atoms with van der Waals surface area (Å²) in [7, 11) is 1.66. The van der Waals surface area contributed by atoms with Gasteiger partial charge in [-0.1, -0.05) is 43.2 Å². The van der Waals surface area contributed by atoms with Crippen molar-refractivity contribution < 1.29 is 9.53 Å². The number of amides is 1. The minimum Gasteiger partial charge on any atom is -0.497 e. The van der Waals surface area contributed by atoms with E-state index >= 15 is 0 Å². The van der Waals surface area contributed by atoms with Gasteiger partial charge >= 0.3 is 0 Å². The minimum absolute atomic E-state index is 0.101. The quantitative estimate of drug-likeness (QED) is 0.641. The highest BCUT2D eigenvalue weighted by Gasteiger charge is 2.19. The smallest absolute Gasteiger partial charge is 0.270 e. The van der Waals surface area contributed by atoms with Crippen LogP contribution in [0.3, 0.4) is 0 Å². The van der Waals surface area contributed by atoms with Crippen molar-refractivity contribution in [3.8, 4) is 5.75 Å². The summed E-state index contributed by atoms with van der Waals surface area (Å²) in [5.41, 5.74) is 2.97. The fourth-order valence-corrected chi connectivity index (χ4v) is 4.42. The largest absolute Gasteiger partial charge is 0.497 e. The molecule has 1 aromatic heterocycles. The number of hydrogen-bond acceptors (Lipinski definition) is 3. The summed E-state index contributed by atoms with van der Waals surface area (Å²) < 4.78 is 5.31. The van der Waals surface area contributed by atoms with Crippen LogP contribution in [0.4, 0.5) is 0 Å². The van der Waals surface area contributed by atoms with Crippen LogP contribution in [-0.4, -0.2) is 54.0 Å². The molecule has 0 spiro atoms. The van der Waals surface area contributed by atoms with Crippen LogP contribution in [-0.2, 0) is 6.54 Å². The standard InChI is InChI=1S/C26H33N3O2/c1-31-23-13-12-22-18-25(27-24(22)19-23)26(30)29-16-8-3-2-7-14-28(15-9-17-29)20-21-10-5-4-6-11-21/h4-6,10-13,18-19,27H,2-3,7-9,14-17,20H2,1H3. The van der Waals surface area contributed by atoms with Crippen LogP contribution in [0.15, 0.2) is 54.6 Å². The van der Waals surface area contributed by atoms with E-state index in [0.29, 0.717) is 5.69 Å². The molecule has 5 heteroatoms. The van der Waals surface area contributed by atoms with E-state index in [1.165, 1.54) is 24.8 Å². The summed E-state index contributed by atoms with van der Waals surface area (Å²) in [5, 5.41) is 1.04. The zero-order chi connectivity index (χ0) is 21.5. The zero-order valence-electron chi connectivity index (χ0n) is 18.5. The van der Waals surface area contributed by atoms with Crippen molar-refractivity contribution in [2.24, 2.45) is 0 Å². The van der Waals surface area contributed by atoms with E-state index in [4.69, 9.17) is 4.74 Å². The van der Waals surface area contributed by atoms with Crippen molar-refractivity contribution in [3.05, 3.63) is 65.9 Å². The van der Waals surface area contributed by atoms with E-state index in [1.54, 1.807) is 7.11 Å². The van der Waals surface area contributed by atoms with Crippen molar-refractivity contribution in [3.63, 3.8) is 0 Å². The Kier molecular flexibility index (Phi) is 7.26. The molecule has 1 fully saturated rings. The molecular formula is C26H33N3O2. The topological polar surface area (TPSA) is 48.6 Å². The maximum atomic E-state index is 13.3. The summed E-state index contributed by atoms with van der Waals surface area (Å²) in [5.74, 6) is 0.895. The number of nitrogens with zero attached hydrogens (tertiary/aromatic N) is 2. The maximum absolute atomic E-state index is 13.3. The summed E-state index contributed by atoms with van der Waals surface area (Å²) in [6.45, 7) is 4.76. The number of H-pyrrole nitrogens is 1. The van der Waals surface area contributed by atoms with Gasteiger partial charge in [-0.3, -0.25) is 9.69 Å². The lowest BCUT2D eigenvalue weighted by Crippen LogP contribution is -2.35. The number of carbonyl (C=O) groups excluding carboxylic acids is 1. The van der Waals surface area contributed by atoms with Crippen LogP contribution >= 0.6 is 0 Å². The van der Waals surface area contributed by atoms with E-state index in [0.717, 1.165) is 62.2 Å². The highest BCUT2D eigenvalue weighted by Crippen LogP contribution is 2.22. The molecule has 1 amide bonds. The fourth-order valence-electron chi connectivity index (χ4n) is 4.42. The number of carbonyl (C=O) groups is 1. The summed E-state index contributed by atoms with van der Waals surface area (Å²) in [4.78, 5) is 21.2. The molecule has 3 aromatic rings. The van der Waals surface area contributed by atoms with Crippen LogP contribution in [0, 0.1) is 0 Å². The number of aromatic amines is 1. The molecule has 4 rings (SSSR count). The van der Waals surface area contributed by atoms with Gasteiger partial charge in [0.2, 0.25) is 0 Å². The number of hydrogen-bond donors (Lipinski definition) is 1. The SMILES string of the molecule is COc1ccc2cc(C(=O)N3CCCCCCN(Cc4ccccc4)CCC3)[nH]c2c1. The Labute approximate surface area is 185 Å². The van der Waals surface area contributed by atoms with Gasteiger partial charge in [0.25, 0.3) is 5.91 Å². The predicted molar refractivity (Wildman–Crippen MR) is 126 cm³/mol. The number of methoxy groups -OCH3 is 1. The first-order valence-electron chi connectivity index (χ1n) is 11.5. The van der Waals surface area contributed by atoms with Crippen molar-refractivity contribution in [2.45, 2.75) is 38.6 Å². The van der Waals surface area contributed by atoms with Gasteiger partial charge in [-0.25, -0.2) is 0 Å². The molecule has 1 aliphatic heterocycles. The Morgan fingerprint density at radius 2 is 1.65 bits per heavy atom. The molecule has 2 heterocycles. The third-order valence-electron chi connectivity index (χ3n) is 6.15. The van der Waals surface area contributed by atoms with E-state index in [-0.39, 0.29) is 5.91 Å². The molecule has 2 aromatic carbocycles. The Bertz CT molecular complexity index is 983. The van der Waals surface area contributed by atoms with Crippen LogP contribution < -0.4 is 4.74 Å². The van der Waals surface area contributed by atoms with E-state index in [1.807, 2.05) is 29.2 Å². The molecular weight excluding hydrogens is 386 g/mol. The van der Waals surface area contributed by atoms with Crippen LogP contribution in [0.2, 0.25) is 0 Å². The number of rotatable bonds is 4. The van der Waals surface area contributed by atoms with Crippen LogP contribution in [0.5, 0.6) is 5.75 Å². The Morgan fingerprint density at radius 3 is 2.45 bits per heavy atom. The van der Waals surface area contributed by atoms with Gasteiger partial charge in [-0.15, -0.1) is 0 Å². The van der Waals surface area contributed by atoms with Gasteiger partial charge in [-0.05, 0) is 49.6 Å². The van der Waals surface area contributed by atoms with Crippen LogP contribution in [0.1, 0.15) is 48.2 Å². The van der Waals surface area contributed by atoms with Gasteiger partial charge < -0.3 is 14.6 Å². The van der Waals surface area contributed by atoms with Crippen molar-refractivity contribution in [1.29, 1.82) is 0 Å². The van der Waals surface area contributed by atoms with Crippen molar-refractivity contribution in [2.75, 3.05) is 33.3 Å². The number of nitrogens with one attached hydrogen (secondary N) is 1. The molecule has 5 nitrogen and oxygen atoms in total. The monoisotopic (exact) mass is 419 g/mol. The molecule has 0 radical (unpaired) electrons. The first kappa shape index (κ1) is 21.4. The lowest BCUT2D eigenvalue weighted by atomic mass is 10.1. The molecule has 1 N–H and O–H groups in total. The predicted octanol–water partition coefficient (Wildman–Crippen LogP) is 5.09. The summed E-state index contributed by atoms with van der Waals surface area (Å²) in [6, 6.07) is 18.5. The van der Waals surface area contributed by atoms with E-state index < -0.39 is 0 Å². The van der Waals surface area contributed by atoms with Crippen molar-refractivity contribution in [1.82, 2.24) is 14.8 Å². The average Bonchev–Trinajstić information content (AvgIpc) is 3.21. The lowest BCUT2D eigenvalue weighted by Gasteiger charge is -2.25. The number of benzene rings is 2. The minimum atomic E-state index is 0.101. The third-order valence-corrected chi connectivity index (χ3v) is 6.15. The second kappa shape index (κ2) is 10.5. The Balaban J connectivity index is 1.43. The molecule has 0 aliphatic carbocycles. The highest BCUT2D eigenvalue weighted by molar-refractivity contribution is 5.98. The maximum Gasteiger partial charge on any atom is 0.270 e. The average molecular weight is 420 g/mol. The second-order valence-corrected chi connectivity index (χ2v) is 8.46. The van der Waals surface area contributed by atoms with Gasteiger partial charge in [0.15, 0.2) is 0 Å². The number of aromatic nitrogens is 1. The summed E-state index contributed by atoms with van der Waals surface area (Å²) in [6.07, 6.45) is 5.68. The molecule has 0 saturated carbocycles. The normalized spacial score (nSPS) is 16.7. The second-order valence-electron chi connectivity index (χ2n) is 8.46. The Hall–Kier alpha value is -2.79. The third kappa shape index (κ3) is 5.67. The number of fused-ring (bicyclic) bond motifs is 1. The van der Waals surface area contributed by atoms with Crippen molar-refractivity contribution >= 4 is 16.8 Å². The van der Waals surface area contributed by atoms with Crippen LogP contribution in [0.25, 0.3) is 10.9 Å². The molecule has 164 valence electrons. The van der Waals surface area contributed by atoms with E-state index in [9.17, 15) is 4.79 Å². The van der Waals surface area contributed by atoms with Gasteiger partial charge in [-0.2, -0.15) is 0 Å². The number of ether oxygens (including phenoxy) is 1. The highest BCUT2D eigenvalue weighted by atomic mass is 16.5.